The van der Waals surface area contributed by atoms with Crippen molar-refractivity contribution in [3.05, 3.63) is 70.0 Å². The number of piperazine rings is 1. The highest BCUT2D eigenvalue weighted by atomic mass is 19.1. The van der Waals surface area contributed by atoms with Crippen molar-refractivity contribution in [2.75, 3.05) is 44.2 Å². The van der Waals surface area contributed by atoms with E-state index in [0.717, 1.165) is 5.56 Å². The third kappa shape index (κ3) is 5.26. The molecule has 0 unspecified atom stereocenters. The van der Waals surface area contributed by atoms with Gasteiger partial charge in [0.1, 0.15) is 11.5 Å². The number of para-hydroxylation sites is 2. The molecule has 8 heteroatoms. The van der Waals surface area contributed by atoms with E-state index in [4.69, 9.17) is 0 Å². The van der Waals surface area contributed by atoms with Crippen molar-refractivity contribution in [3.8, 4) is 0 Å². The maximum atomic E-state index is 12.9. The number of carbonyl (C=O) groups is 1. The van der Waals surface area contributed by atoms with Crippen LogP contribution in [-0.4, -0.2) is 55.0 Å². The smallest absolute Gasteiger partial charge is 0.292 e. The maximum absolute atomic E-state index is 12.9. The van der Waals surface area contributed by atoms with Crippen LogP contribution in [0, 0.1) is 15.9 Å². The van der Waals surface area contributed by atoms with Gasteiger partial charge in [-0.1, -0.05) is 24.3 Å². The van der Waals surface area contributed by atoms with Crippen molar-refractivity contribution >= 4 is 17.3 Å². The van der Waals surface area contributed by atoms with Gasteiger partial charge in [0.25, 0.3) is 5.69 Å². The summed E-state index contributed by atoms with van der Waals surface area (Å²) in [7, 11) is 0. The van der Waals surface area contributed by atoms with Crippen molar-refractivity contribution in [3.63, 3.8) is 0 Å². The molecule has 0 aromatic heterocycles. The number of amides is 1. The molecule has 28 heavy (non-hydrogen) atoms. The van der Waals surface area contributed by atoms with Gasteiger partial charge in [0.2, 0.25) is 5.91 Å². The fourth-order valence-corrected chi connectivity index (χ4v) is 3.29. The van der Waals surface area contributed by atoms with Gasteiger partial charge in [-0.2, -0.15) is 0 Å². The van der Waals surface area contributed by atoms with E-state index in [0.29, 0.717) is 51.4 Å². The number of anilines is 1. The molecule has 1 fully saturated rings. The Balaban J connectivity index is 1.42. The highest BCUT2D eigenvalue weighted by Gasteiger charge is 2.23. The Kier molecular flexibility index (Phi) is 6.54. The van der Waals surface area contributed by atoms with Crippen LogP contribution in [0.3, 0.4) is 0 Å². The standard InChI is InChI=1S/C20H23FN4O3/c21-17-7-5-16(6-8-17)9-10-22-20(26)15-23-11-13-24(14-12-23)18-3-1-2-4-19(18)25(27)28/h1-8H,9-15H2,(H,22,26). The quantitative estimate of drug-likeness (QED) is 0.583. The van der Waals surface area contributed by atoms with E-state index >= 15 is 0 Å². The monoisotopic (exact) mass is 386 g/mol. The van der Waals surface area contributed by atoms with Crippen LogP contribution in [0.1, 0.15) is 5.56 Å². The van der Waals surface area contributed by atoms with Crippen LogP contribution >= 0.6 is 0 Å². The van der Waals surface area contributed by atoms with Crippen LogP contribution in [0.15, 0.2) is 48.5 Å². The zero-order chi connectivity index (χ0) is 19.9. The predicted octanol–water partition coefficient (Wildman–Crippen LogP) is 2.21. The van der Waals surface area contributed by atoms with Crippen LogP contribution in [0.25, 0.3) is 0 Å². The first-order valence-electron chi connectivity index (χ1n) is 9.25. The Hall–Kier alpha value is -3.00. The van der Waals surface area contributed by atoms with E-state index in [9.17, 15) is 19.3 Å². The third-order valence-corrected chi connectivity index (χ3v) is 4.81. The second-order valence-corrected chi connectivity index (χ2v) is 6.74. The normalized spacial score (nSPS) is 14.7. The number of hydrogen-bond acceptors (Lipinski definition) is 5. The zero-order valence-electron chi connectivity index (χ0n) is 15.5. The molecule has 0 saturated carbocycles. The van der Waals surface area contributed by atoms with Crippen LogP contribution in [-0.2, 0) is 11.2 Å². The van der Waals surface area contributed by atoms with Crippen molar-refractivity contribution in [1.29, 1.82) is 0 Å². The lowest BCUT2D eigenvalue weighted by atomic mass is 10.1. The lowest BCUT2D eigenvalue weighted by molar-refractivity contribution is -0.384. The minimum Gasteiger partial charge on any atom is -0.363 e. The van der Waals surface area contributed by atoms with E-state index in [1.165, 1.54) is 18.2 Å². The van der Waals surface area contributed by atoms with Crippen LogP contribution in [0.5, 0.6) is 0 Å². The van der Waals surface area contributed by atoms with Gasteiger partial charge in [0.15, 0.2) is 0 Å². The molecular weight excluding hydrogens is 363 g/mol. The average molecular weight is 386 g/mol. The largest absolute Gasteiger partial charge is 0.363 e. The molecule has 0 spiro atoms. The Labute approximate surface area is 162 Å². The Morgan fingerprint density at radius 2 is 1.75 bits per heavy atom. The van der Waals surface area contributed by atoms with E-state index in [2.05, 4.69) is 5.32 Å². The molecule has 0 bridgehead atoms. The maximum Gasteiger partial charge on any atom is 0.292 e. The lowest BCUT2D eigenvalue weighted by Crippen LogP contribution is -2.49. The van der Waals surface area contributed by atoms with Gasteiger partial charge >= 0.3 is 0 Å². The molecular formula is C20H23FN4O3. The molecule has 148 valence electrons. The number of nitrogens with zero attached hydrogens (tertiary/aromatic N) is 3. The molecule has 0 atom stereocenters. The first kappa shape index (κ1) is 19.8. The molecule has 2 aromatic rings. The van der Waals surface area contributed by atoms with Crippen molar-refractivity contribution in [2.24, 2.45) is 0 Å². The SMILES string of the molecule is O=C(CN1CCN(c2ccccc2[N+](=O)[O-])CC1)NCCc1ccc(F)cc1. The van der Waals surface area contributed by atoms with Gasteiger partial charge in [0.05, 0.1) is 11.5 Å². The van der Waals surface area contributed by atoms with Gasteiger partial charge in [-0.3, -0.25) is 19.8 Å². The molecule has 1 N–H and O–H groups in total. The fraction of sp³-hybridized carbons (Fsp3) is 0.350. The van der Waals surface area contributed by atoms with Crippen LogP contribution in [0.2, 0.25) is 0 Å². The predicted molar refractivity (Wildman–Crippen MR) is 105 cm³/mol. The highest BCUT2D eigenvalue weighted by Crippen LogP contribution is 2.28. The first-order valence-corrected chi connectivity index (χ1v) is 9.25. The Morgan fingerprint density at radius 1 is 1.07 bits per heavy atom. The van der Waals surface area contributed by atoms with E-state index in [1.807, 2.05) is 9.80 Å². The van der Waals surface area contributed by atoms with Crippen LogP contribution < -0.4 is 10.2 Å². The minimum absolute atomic E-state index is 0.0544. The number of benzene rings is 2. The number of halogens is 1. The van der Waals surface area contributed by atoms with Crippen LogP contribution in [0.4, 0.5) is 15.8 Å². The number of nitrogens with one attached hydrogen (secondary N) is 1. The van der Waals surface area contributed by atoms with Crippen molar-refractivity contribution in [2.45, 2.75) is 6.42 Å². The van der Waals surface area contributed by atoms with Gasteiger partial charge in [-0.15, -0.1) is 0 Å². The molecule has 3 rings (SSSR count). The third-order valence-electron chi connectivity index (χ3n) is 4.81. The second-order valence-electron chi connectivity index (χ2n) is 6.74. The summed E-state index contributed by atoms with van der Waals surface area (Å²) >= 11 is 0. The minimum atomic E-state index is -0.365. The summed E-state index contributed by atoms with van der Waals surface area (Å²) in [5.74, 6) is -0.325. The van der Waals surface area contributed by atoms with Gasteiger partial charge in [-0.05, 0) is 30.2 Å². The number of nitro benzene ring substituents is 1. The number of carbonyl (C=O) groups excluding carboxylic acids is 1. The second kappa shape index (κ2) is 9.27. The summed E-state index contributed by atoms with van der Waals surface area (Å²) in [4.78, 5) is 27.0. The Bertz CT molecular complexity index is 820. The fourth-order valence-electron chi connectivity index (χ4n) is 3.29. The number of nitro groups is 1. The lowest BCUT2D eigenvalue weighted by Gasteiger charge is -2.35. The van der Waals surface area contributed by atoms with Gasteiger partial charge in [0, 0.05) is 38.8 Å². The van der Waals surface area contributed by atoms with Crippen molar-refractivity contribution in [1.82, 2.24) is 10.2 Å². The van der Waals surface area contributed by atoms with E-state index in [1.54, 1.807) is 30.3 Å². The first-order chi connectivity index (χ1) is 13.5. The molecule has 1 aliphatic rings. The topological polar surface area (TPSA) is 78.7 Å². The molecule has 1 amide bonds. The molecule has 1 heterocycles. The summed E-state index contributed by atoms with van der Waals surface area (Å²) in [5.41, 5.74) is 1.70. The summed E-state index contributed by atoms with van der Waals surface area (Å²) in [5, 5.41) is 14.1. The van der Waals surface area contributed by atoms with E-state index in [-0.39, 0.29) is 22.3 Å². The summed E-state index contributed by atoms with van der Waals surface area (Å²) in [6.07, 6.45) is 0.650. The summed E-state index contributed by atoms with van der Waals surface area (Å²) in [6.45, 7) is 3.39. The van der Waals surface area contributed by atoms with Gasteiger partial charge in [-0.25, -0.2) is 4.39 Å². The summed E-state index contributed by atoms with van der Waals surface area (Å²) < 4.78 is 12.9. The van der Waals surface area contributed by atoms with E-state index < -0.39 is 0 Å². The Morgan fingerprint density at radius 3 is 2.43 bits per heavy atom. The summed E-state index contributed by atoms with van der Waals surface area (Å²) in [6, 6.07) is 13.0. The zero-order valence-corrected chi connectivity index (χ0v) is 15.5. The van der Waals surface area contributed by atoms with Crippen molar-refractivity contribution < 1.29 is 14.1 Å². The molecule has 0 aliphatic carbocycles. The average Bonchev–Trinajstić information content (AvgIpc) is 2.70. The number of rotatable bonds is 7. The molecule has 0 radical (unpaired) electrons. The molecule has 7 nitrogen and oxygen atoms in total. The van der Waals surface area contributed by atoms with Gasteiger partial charge < -0.3 is 10.2 Å². The molecule has 2 aromatic carbocycles. The molecule has 1 aliphatic heterocycles. The molecule has 1 saturated heterocycles. The number of hydrogen-bond donors (Lipinski definition) is 1. The highest BCUT2D eigenvalue weighted by molar-refractivity contribution is 5.78.